The molecule has 0 atom stereocenters. The number of halogens is 1. The van der Waals surface area contributed by atoms with Gasteiger partial charge in [-0.05, 0) is 60.7 Å². The number of unbranched alkanes of at least 4 members (excludes halogenated alkanes) is 1. The van der Waals surface area contributed by atoms with E-state index in [1.165, 1.54) is 10.6 Å². The molecule has 4 rings (SSSR count). The summed E-state index contributed by atoms with van der Waals surface area (Å²) in [5, 5.41) is 9.83. The second-order valence-corrected chi connectivity index (χ2v) is 8.84. The summed E-state index contributed by atoms with van der Waals surface area (Å²) in [5.41, 5.74) is 11.0. The van der Waals surface area contributed by atoms with Crippen LogP contribution in [0, 0.1) is 24.1 Å². The van der Waals surface area contributed by atoms with Gasteiger partial charge in [-0.3, -0.25) is 9.36 Å². The summed E-state index contributed by atoms with van der Waals surface area (Å²) in [6.45, 7) is 3.92. The summed E-state index contributed by atoms with van der Waals surface area (Å²) in [5.74, 6) is 0.142. The van der Waals surface area contributed by atoms with E-state index in [1.54, 1.807) is 19.1 Å². The second kappa shape index (κ2) is 11.1. The van der Waals surface area contributed by atoms with Crippen molar-refractivity contribution in [2.24, 2.45) is 5.73 Å². The van der Waals surface area contributed by atoms with Crippen molar-refractivity contribution in [1.29, 1.82) is 5.26 Å². The summed E-state index contributed by atoms with van der Waals surface area (Å²) < 4.78 is 15.6. The lowest BCUT2D eigenvalue weighted by atomic mass is 9.95. The zero-order valence-corrected chi connectivity index (χ0v) is 20.6. The van der Waals surface area contributed by atoms with E-state index in [0.29, 0.717) is 41.0 Å². The number of hydrogen-bond acceptors (Lipinski definition) is 4. The quantitative estimate of drug-likeness (QED) is 0.355. The van der Waals surface area contributed by atoms with Crippen LogP contribution in [-0.2, 0) is 19.4 Å². The molecule has 0 fully saturated rings. The van der Waals surface area contributed by atoms with Crippen LogP contribution in [0.2, 0.25) is 0 Å². The molecule has 6 heteroatoms. The fourth-order valence-corrected chi connectivity index (χ4v) is 4.47. The third-order valence-electron chi connectivity index (χ3n) is 6.37. The Labute approximate surface area is 210 Å². The lowest BCUT2D eigenvalue weighted by molar-refractivity contribution is 0.609. The fourth-order valence-electron chi connectivity index (χ4n) is 4.47. The number of hydrogen-bond donors (Lipinski definition) is 1. The minimum atomic E-state index is -0.401. The molecule has 0 saturated heterocycles. The van der Waals surface area contributed by atoms with Crippen molar-refractivity contribution in [1.82, 2.24) is 9.55 Å². The average Bonchev–Trinajstić information content (AvgIpc) is 2.90. The average molecular weight is 481 g/mol. The molecule has 5 nitrogen and oxygen atoms in total. The molecular weight excluding hydrogens is 451 g/mol. The van der Waals surface area contributed by atoms with Gasteiger partial charge >= 0.3 is 0 Å². The summed E-state index contributed by atoms with van der Waals surface area (Å²) >= 11 is 0. The maximum atomic E-state index is 14.1. The highest BCUT2D eigenvalue weighted by molar-refractivity contribution is 5.71. The van der Waals surface area contributed by atoms with Gasteiger partial charge in [0.05, 0.1) is 23.0 Å². The molecule has 2 N–H and O–H groups in total. The summed E-state index contributed by atoms with van der Waals surface area (Å²) in [6.07, 6.45) is 2.92. The van der Waals surface area contributed by atoms with E-state index < -0.39 is 5.82 Å². The maximum Gasteiger partial charge on any atom is 0.261 e. The lowest BCUT2D eigenvalue weighted by Crippen LogP contribution is -2.28. The number of aryl methyl sites for hydroxylation is 2. The van der Waals surface area contributed by atoms with Crippen molar-refractivity contribution in [3.05, 3.63) is 117 Å². The minimum absolute atomic E-state index is 0.0348. The third-order valence-corrected chi connectivity index (χ3v) is 6.37. The molecule has 0 radical (unpaired) electrons. The first-order valence-corrected chi connectivity index (χ1v) is 12.2. The van der Waals surface area contributed by atoms with Crippen molar-refractivity contribution in [3.8, 4) is 22.9 Å². The normalized spacial score (nSPS) is 10.9. The van der Waals surface area contributed by atoms with E-state index in [2.05, 4.69) is 13.0 Å². The SMILES string of the molecule is CCCCc1nc(C)n(-c2ccc(F)c(CN)c2)c(=O)c1Cc1ccc(-c2ccccc2)c(C#N)c1. The van der Waals surface area contributed by atoms with Crippen LogP contribution < -0.4 is 11.3 Å². The molecule has 0 aliphatic rings. The molecule has 0 amide bonds. The van der Waals surface area contributed by atoms with Crippen LogP contribution in [0.15, 0.2) is 71.5 Å². The topological polar surface area (TPSA) is 84.7 Å². The highest BCUT2D eigenvalue weighted by Crippen LogP contribution is 2.25. The summed E-state index contributed by atoms with van der Waals surface area (Å²) in [6, 6.07) is 22.3. The monoisotopic (exact) mass is 480 g/mol. The highest BCUT2D eigenvalue weighted by Gasteiger charge is 2.18. The smallest absolute Gasteiger partial charge is 0.261 e. The number of nitrogens with two attached hydrogens (primary N) is 1. The highest BCUT2D eigenvalue weighted by atomic mass is 19.1. The van der Waals surface area contributed by atoms with Crippen LogP contribution in [0.4, 0.5) is 4.39 Å². The first-order chi connectivity index (χ1) is 17.5. The molecule has 36 heavy (non-hydrogen) atoms. The van der Waals surface area contributed by atoms with E-state index in [1.807, 2.05) is 48.5 Å². The molecule has 0 spiro atoms. The Morgan fingerprint density at radius 2 is 1.86 bits per heavy atom. The number of aromatic nitrogens is 2. The van der Waals surface area contributed by atoms with Gasteiger partial charge in [0.15, 0.2) is 0 Å². The Hall–Kier alpha value is -4.08. The van der Waals surface area contributed by atoms with Crippen LogP contribution in [0.3, 0.4) is 0 Å². The van der Waals surface area contributed by atoms with Crippen molar-refractivity contribution in [2.45, 2.75) is 46.1 Å². The van der Waals surface area contributed by atoms with Gasteiger partial charge in [0, 0.05) is 24.1 Å². The van der Waals surface area contributed by atoms with Gasteiger partial charge in [-0.2, -0.15) is 5.26 Å². The minimum Gasteiger partial charge on any atom is -0.326 e. The van der Waals surface area contributed by atoms with Gasteiger partial charge in [-0.15, -0.1) is 0 Å². The molecule has 0 aliphatic heterocycles. The molecular formula is C30H29FN4O. The Morgan fingerprint density at radius 1 is 1.08 bits per heavy atom. The van der Waals surface area contributed by atoms with Crippen molar-refractivity contribution in [2.75, 3.05) is 0 Å². The Kier molecular flexibility index (Phi) is 7.72. The van der Waals surface area contributed by atoms with Crippen LogP contribution in [0.25, 0.3) is 16.8 Å². The molecule has 0 bridgehead atoms. The molecule has 0 aliphatic carbocycles. The summed E-state index contributed by atoms with van der Waals surface area (Å²) in [4.78, 5) is 18.6. The third kappa shape index (κ3) is 5.12. The van der Waals surface area contributed by atoms with Crippen LogP contribution >= 0.6 is 0 Å². The van der Waals surface area contributed by atoms with E-state index in [0.717, 1.165) is 35.2 Å². The van der Waals surface area contributed by atoms with Crippen LogP contribution in [0.5, 0.6) is 0 Å². The fraction of sp³-hybridized carbons (Fsp3) is 0.233. The number of benzene rings is 3. The first-order valence-electron chi connectivity index (χ1n) is 12.2. The van der Waals surface area contributed by atoms with Gasteiger partial charge in [-0.1, -0.05) is 55.8 Å². The molecule has 182 valence electrons. The van der Waals surface area contributed by atoms with Gasteiger partial charge < -0.3 is 5.73 Å². The van der Waals surface area contributed by atoms with Crippen molar-refractivity contribution < 1.29 is 4.39 Å². The van der Waals surface area contributed by atoms with Crippen LogP contribution in [-0.4, -0.2) is 9.55 Å². The van der Waals surface area contributed by atoms with Crippen molar-refractivity contribution >= 4 is 0 Å². The summed E-state index contributed by atoms with van der Waals surface area (Å²) in [7, 11) is 0. The van der Waals surface area contributed by atoms with Gasteiger partial charge in [0.25, 0.3) is 5.56 Å². The molecule has 1 aromatic heterocycles. The zero-order chi connectivity index (χ0) is 25.7. The first kappa shape index (κ1) is 25.0. The molecule has 0 unspecified atom stereocenters. The van der Waals surface area contributed by atoms with Gasteiger partial charge in [0.2, 0.25) is 0 Å². The molecule has 0 saturated carbocycles. The Balaban J connectivity index is 1.82. The number of nitrogens with zero attached hydrogens (tertiary/aromatic N) is 3. The Bertz CT molecular complexity index is 1490. The van der Waals surface area contributed by atoms with E-state index in [9.17, 15) is 14.4 Å². The predicted octanol–water partition coefficient (Wildman–Crippen LogP) is 5.61. The largest absolute Gasteiger partial charge is 0.326 e. The van der Waals surface area contributed by atoms with E-state index in [-0.39, 0.29) is 12.1 Å². The van der Waals surface area contributed by atoms with E-state index in [4.69, 9.17) is 10.7 Å². The Morgan fingerprint density at radius 3 is 2.56 bits per heavy atom. The molecule has 4 aromatic rings. The van der Waals surface area contributed by atoms with Gasteiger partial charge in [-0.25, -0.2) is 9.37 Å². The van der Waals surface area contributed by atoms with Crippen LogP contribution in [0.1, 0.15) is 53.5 Å². The number of rotatable bonds is 8. The van der Waals surface area contributed by atoms with Crippen molar-refractivity contribution in [3.63, 3.8) is 0 Å². The molecule has 1 heterocycles. The van der Waals surface area contributed by atoms with Gasteiger partial charge in [0.1, 0.15) is 11.6 Å². The standard InChI is InChI=1S/C30H29FN4O/c1-3-4-10-29-27(16-21-11-13-26(23(15-21)18-32)22-8-6-5-7-9-22)30(36)35(20(2)34-29)25-12-14-28(31)24(17-25)19-33/h5-9,11-15,17H,3-4,10,16,19,33H2,1-2H3. The zero-order valence-electron chi connectivity index (χ0n) is 20.6. The van der Waals surface area contributed by atoms with E-state index >= 15 is 0 Å². The molecule has 3 aromatic carbocycles. The number of nitriles is 1. The predicted molar refractivity (Wildman–Crippen MR) is 140 cm³/mol. The maximum absolute atomic E-state index is 14.1. The second-order valence-electron chi connectivity index (χ2n) is 8.84. The lowest BCUT2D eigenvalue weighted by Gasteiger charge is -2.17.